The average molecular weight is 387 g/mol. The summed E-state index contributed by atoms with van der Waals surface area (Å²) in [6.45, 7) is 3.90. The van der Waals surface area contributed by atoms with E-state index in [-0.39, 0.29) is 30.9 Å². The molecular formula is C18H24F3N3O3. The molecule has 1 fully saturated rings. The van der Waals surface area contributed by atoms with Gasteiger partial charge in [0, 0.05) is 25.3 Å². The van der Waals surface area contributed by atoms with Crippen LogP contribution in [0.1, 0.15) is 32.3 Å². The molecule has 1 aliphatic rings. The number of ether oxygens (including phenoxy) is 1. The van der Waals surface area contributed by atoms with E-state index in [2.05, 4.69) is 9.72 Å². The predicted octanol–water partition coefficient (Wildman–Crippen LogP) is 2.73. The molecule has 1 saturated heterocycles. The molecule has 0 aliphatic carbocycles. The van der Waals surface area contributed by atoms with E-state index in [0.29, 0.717) is 19.4 Å². The fourth-order valence-corrected chi connectivity index (χ4v) is 3.19. The van der Waals surface area contributed by atoms with Gasteiger partial charge in [0.2, 0.25) is 5.91 Å². The molecule has 0 N–H and O–H groups in total. The molecule has 9 heteroatoms. The smallest absolute Gasteiger partial charge is 0.419 e. The molecule has 0 saturated carbocycles. The summed E-state index contributed by atoms with van der Waals surface area (Å²) >= 11 is 0. The summed E-state index contributed by atoms with van der Waals surface area (Å²) in [4.78, 5) is 31.3. The lowest BCUT2D eigenvalue weighted by molar-refractivity contribution is -0.150. The van der Waals surface area contributed by atoms with Gasteiger partial charge in [-0.1, -0.05) is 0 Å². The number of carbonyl (C=O) groups excluding carboxylic acids is 2. The van der Waals surface area contributed by atoms with Crippen LogP contribution in [0.25, 0.3) is 0 Å². The number of alkyl halides is 3. The van der Waals surface area contributed by atoms with Gasteiger partial charge in [0.05, 0.1) is 18.6 Å². The molecule has 1 aliphatic heterocycles. The molecule has 0 bridgehead atoms. The zero-order valence-electron chi connectivity index (χ0n) is 15.6. The maximum atomic E-state index is 13.3. The Balaban J connectivity index is 2.21. The van der Waals surface area contributed by atoms with Crippen LogP contribution in [-0.4, -0.2) is 54.5 Å². The first-order valence-corrected chi connectivity index (χ1v) is 8.79. The summed E-state index contributed by atoms with van der Waals surface area (Å²) in [6, 6.07) is 2.01. The first-order chi connectivity index (χ1) is 12.6. The molecule has 6 nitrogen and oxygen atoms in total. The van der Waals surface area contributed by atoms with Crippen molar-refractivity contribution in [3.63, 3.8) is 0 Å². The number of nitrogens with zero attached hydrogens (tertiary/aromatic N) is 3. The molecule has 27 heavy (non-hydrogen) atoms. The lowest BCUT2D eigenvalue weighted by atomic mass is 9.95. The third kappa shape index (κ3) is 5.11. The van der Waals surface area contributed by atoms with Crippen molar-refractivity contribution in [2.24, 2.45) is 5.92 Å². The fourth-order valence-electron chi connectivity index (χ4n) is 3.19. The van der Waals surface area contributed by atoms with E-state index in [4.69, 9.17) is 0 Å². The number of piperidine rings is 1. The molecular weight excluding hydrogens is 363 g/mol. The monoisotopic (exact) mass is 387 g/mol. The Morgan fingerprint density at radius 2 is 2.11 bits per heavy atom. The van der Waals surface area contributed by atoms with Crippen molar-refractivity contribution < 1.29 is 27.5 Å². The number of amides is 1. The Bertz CT molecular complexity index is 679. The van der Waals surface area contributed by atoms with Crippen LogP contribution in [0.2, 0.25) is 0 Å². The third-order valence-corrected chi connectivity index (χ3v) is 4.60. The van der Waals surface area contributed by atoms with Crippen molar-refractivity contribution >= 4 is 17.7 Å². The molecule has 1 unspecified atom stereocenters. The second-order valence-electron chi connectivity index (χ2n) is 6.79. The minimum Gasteiger partial charge on any atom is -0.468 e. The first kappa shape index (κ1) is 21.0. The Morgan fingerprint density at radius 1 is 1.41 bits per heavy atom. The topological polar surface area (TPSA) is 62.7 Å². The highest BCUT2D eigenvalue weighted by Crippen LogP contribution is 2.36. The van der Waals surface area contributed by atoms with Gasteiger partial charge in [0.15, 0.2) is 0 Å². The summed E-state index contributed by atoms with van der Waals surface area (Å²) in [5, 5.41) is 0. The highest BCUT2D eigenvalue weighted by atomic mass is 19.4. The largest absolute Gasteiger partial charge is 0.468 e. The van der Waals surface area contributed by atoms with Crippen molar-refractivity contribution in [3.05, 3.63) is 23.9 Å². The van der Waals surface area contributed by atoms with Crippen LogP contribution in [0.3, 0.4) is 0 Å². The van der Waals surface area contributed by atoms with Gasteiger partial charge in [-0.15, -0.1) is 0 Å². The fraction of sp³-hybridized carbons (Fsp3) is 0.611. The van der Waals surface area contributed by atoms with E-state index in [1.807, 2.05) is 0 Å². The second-order valence-corrected chi connectivity index (χ2v) is 6.79. The van der Waals surface area contributed by atoms with Gasteiger partial charge in [0.25, 0.3) is 0 Å². The Morgan fingerprint density at radius 3 is 2.70 bits per heavy atom. The number of halogens is 3. The zero-order valence-corrected chi connectivity index (χ0v) is 15.6. The highest BCUT2D eigenvalue weighted by molar-refractivity contribution is 5.84. The van der Waals surface area contributed by atoms with Crippen LogP contribution < -0.4 is 4.90 Å². The molecule has 2 heterocycles. The van der Waals surface area contributed by atoms with Crippen molar-refractivity contribution in [3.8, 4) is 0 Å². The second kappa shape index (κ2) is 8.58. The van der Waals surface area contributed by atoms with Crippen molar-refractivity contribution in [2.45, 2.75) is 38.9 Å². The van der Waals surface area contributed by atoms with Gasteiger partial charge >= 0.3 is 12.1 Å². The van der Waals surface area contributed by atoms with Gasteiger partial charge in [-0.3, -0.25) is 9.59 Å². The van der Waals surface area contributed by atoms with E-state index < -0.39 is 23.6 Å². The molecule has 0 radical (unpaired) electrons. The van der Waals surface area contributed by atoms with Gasteiger partial charge in [-0.05, 0) is 38.8 Å². The number of pyridine rings is 1. The summed E-state index contributed by atoms with van der Waals surface area (Å²) in [5.74, 6) is -1.46. The zero-order chi connectivity index (χ0) is 20.2. The van der Waals surface area contributed by atoms with Crippen LogP contribution >= 0.6 is 0 Å². The molecule has 2 rings (SSSR count). The number of carbonyl (C=O) groups is 2. The number of aromatic nitrogens is 1. The number of esters is 1. The summed E-state index contributed by atoms with van der Waals surface area (Å²) in [7, 11) is 1.24. The van der Waals surface area contributed by atoms with Crippen LogP contribution in [0.5, 0.6) is 0 Å². The van der Waals surface area contributed by atoms with Gasteiger partial charge in [0.1, 0.15) is 12.4 Å². The van der Waals surface area contributed by atoms with Crippen LogP contribution in [-0.2, 0) is 20.5 Å². The molecule has 0 aromatic carbocycles. The molecule has 1 aromatic rings. The van der Waals surface area contributed by atoms with E-state index in [0.717, 1.165) is 6.07 Å². The molecule has 0 spiro atoms. The molecule has 150 valence electrons. The number of anilines is 1. The Labute approximate surface area is 156 Å². The van der Waals surface area contributed by atoms with Gasteiger partial charge in [-0.25, -0.2) is 4.98 Å². The summed E-state index contributed by atoms with van der Waals surface area (Å²) in [6.07, 6.45) is -2.09. The molecule has 1 atom stereocenters. The minimum absolute atomic E-state index is 0.128. The molecule has 1 aromatic heterocycles. The average Bonchev–Trinajstić information content (AvgIpc) is 2.64. The first-order valence-electron chi connectivity index (χ1n) is 8.79. The highest BCUT2D eigenvalue weighted by Gasteiger charge is 2.38. The van der Waals surface area contributed by atoms with Crippen LogP contribution in [0.4, 0.5) is 19.0 Å². The van der Waals surface area contributed by atoms with Crippen molar-refractivity contribution in [2.75, 3.05) is 31.6 Å². The Kier molecular flexibility index (Phi) is 6.67. The third-order valence-electron chi connectivity index (χ3n) is 4.60. The van der Waals surface area contributed by atoms with Gasteiger partial charge < -0.3 is 14.5 Å². The van der Waals surface area contributed by atoms with Gasteiger partial charge in [-0.2, -0.15) is 13.2 Å². The lowest BCUT2D eigenvalue weighted by Crippen LogP contribution is -2.49. The summed E-state index contributed by atoms with van der Waals surface area (Å²) in [5.41, 5.74) is -0.812. The van der Waals surface area contributed by atoms with Crippen LogP contribution in [0, 0.1) is 5.92 Å². The predicted molar refractivity (Wildman–Crippen MR) is 93.0 cm³/mol. The normalized spacial score (nSPS) is 17.7. The molecule has 1 amide bonds. The number of hydrogen-bond donors (Lipinski definition) is 0. The maximum Gasteiger partial charge on any atom is 0.419 e. The van der Waals surface area contributed by atoms with Crippen molar-refractivity contribution in [1.82, 2.24) is 9.88 Å². The SMILES string of the molecule is COC(=O)CN(C(=O)C1CCCN(c2ncccc2C(F)(F)F)C1)C(C)C. The quantitative estimate of drug-likeness (QED) is 0.727. The maximum absolute atomic E-state index is 13.3. The summed E-state index contributed by atoms with van der Waals surface area (Å²) < 4.78 is 44.5. The number of rotatable bonds is 5. The van der Waals surface area contributed by atoms with E-state index in [9.17, 15) is 22.8 Å². The van der Waals surface area contributed by atoms with E-state index in [1.54, 1.807) is 13.8 Å². The van der Waals surface area contributed by atoms with Crippen molar-refractivity contribution in [1.29, 1.82) is 0 Å². The minimum atomic E-state index is -4.52. The lowest BCUT2D eigenvalue weighted by Gasteiger charge is -2.37. The van der Waals surface area contributed by atoms with E-state index in [1.165, 1.54) is 29.2 Å². The van der Waals surface area contributed by atoms with E-state index >= 15 is 0 Å². The standard InChI is InChI=1S/C18H24F3N3O3/c1-12(2)24(11-15(25)27-3)17(26)13-6-5-9-23(10-13)16-14(18(19,20)21)7-4-8-22-16/h4,7-8,12-13H,5-6,9-11H2,1-3H3. The number of hydrogen-bond acceptors (Lipinski definition) is 5. The Hall–Kier alpha value is -2.32. The number of methoxy groups -OCH3 is 1. The van der Waals surface area contributed by atoms with Crippen LogP contribution in [0.15, 0.2) is 18.3 Å².